The van der Waals surface area contributed by atoms with Crippen LogP contribution < -0.4 is 4.74 Å². The highest BCUT2D eigenvalue weighted by Crippen LogP contribution is 2.47. The molecule has 1 N–H and O–H groups in total. The van der Waals surface area contributed by atoms with E-state index >= 15 is 0 Å². The van der Waals surface area contributed by atoms with Crippen molar-refractivity contribution < 1.29 is 19.4 Å². The van der Waals surface area contributed by atoms with Crippen molar-refractivity contribution >= 4 is 35.0 Å². The van der Waals surface area contributed by atoms with Crippen molar-refractivity contribution in [3.63, 3.8) is 0 Å². The number of nitrogens with zero attached hydrogens (tertiary/aromatic N) is 1. The maximum atomic E-state index is 13.2. The standard InChI is InChI=1S/C19H13Cl2NO4/c1-19(12-5-3-2-4-10(12)8-22)7-11-6-13(26-9-14(23)24)16(20)17(21)15(11)18(19)25/h2-6H,7,9H2,1H3,(H,23,24). The summed E-state index contributed by atoms with van der Waals surface area (Å²) in [4.78, 5) is 23.9. The molecule has 0 saturated carbocycles. The fourth-order valence-electron chi connectivity index (χ4n) is 3.30. The number of Topliss-reactive ketones (excluding diaryl/α,β-unsaturated/α-hetero) is 1. The van der Waals surface area contributed by atoms with Gasteiger partial charge < -0.3 is 9.84 Å². The molecule has 0 fully saturated rings. The summed E-state index contributed by atoms with van der Waals surface area (Å²) in [6.07, 6.45) is 0.306. The first-order valence-corrected chi connectivity index (χ1v) is 8.45. The quantitative estimate of drug-likeness (QED) is 0.852. The zero-order chi connectivity index (χ0) is 19.1. The zero-order valence-corrected chi connectivity index (χ0v) is 15.2. The minimum Gasteiger partial charge on any atom is -0.480 e. The van der Waals surface area contributed by atoms with Crippen LogP contribution in [0.1, 0.15) is 34.0 Å². The van der Waals surface area contributed by atoms with Gasteiger partial charge in [0.15, 0.2) is 12.4 Å². The Bertz CT molecular complexity index is 980. The van der Waals surface area contributed by atoms with Gasteiger partial charge in [0.1, 0.15) is 10.8 Å². The van der Waals surface area contributed by atoms with Crippen LogP contribution in [0.15, 0.2) is 30.3 Å². The van der Waals surface area contributed by atoms with Crippen molar-refractivity contribution in [2.75, 3.05) is 6.61 Å². The summed E-state index contributed by atoms with van der Waals surface area (Å²) in [7, 11) is 0. The van der Waals surface area contributed by atoms with Gasteiger partial charge in [-0.05, 0) is 36.6 Å². The Morgan fingerprint density at radius 1 is 1.35 bits per heavy atom. The normalized spacial score (nSPS) is 18.3. The molecular weight excluding hydrogens is 377 g/mol. The topological polar surface area (TPSA) is 87.4 Å². The lowest BCUT2D eigenvalue weighted by molar-refractivity contribution is -0.139. The van der Waals surface area contributed by atoms with E-state index in [9.17, 15) is 14.9 Å². The summed E-state index contributed by atoms with van der Waals surface area (Å²) < 4.78 is 5.18. The second kappa shape index (κ2) is 6.64. The molecule has 1 aliphatic rings. The van der Waals surface area contributed by atoms with Gasteiger partial charge >= 0.3 is 5.97 Å². The largest absolute Gasteiger partial charge is 0.480 e. The third-order valence-corrected chi connectivity index (χ3v) is 5.37. The molecule has 1 atom stereocenters. The summed E-state index contributed by atoms with van der Waals surface area (Å²) in [5, 5.41) is 18.2. The highest BCUT2D eigenvalue weighted by molar-refractivity contribution is 6.45. The number of aliphatic carboxylic acids is 1. The van der Waals surface area contributed by atoms with E-state index in [2.05, 4.69) is 6.07 Å². The Morgan fingerprint density at radius 2 is 2.04 bits per heavy atom. The molecule has 1 aliphatic carbocycles. The molecular formula is C19H13Cl2NO4. The van der Waals surface area contributed by atoms with Gasteiger partial charge in [0, 0.05) is 5.56 Å². The number of ketones is 1. The average Bonchev–Trinajstić information content (AvgIpc) is 2.88. The molecule has 0 radical (unpaired) electrons. The van der Waals surface area contributed by atoms with Gasteiger partial charge in [-0.2, -0.15) is 5.26 Å². The molecule has 0 heterocycles. The number of hydrogen-bond donors (Lipinski definition) is 1. The van der Waals surface area contributed by atoms with Gasteiger partial charge in [0.05, 0.1) is 22.1 Å². The van der Waals surface area contributed by atoms with Crippen LogP contribution in [0.2, 0.25) is 10.0 Å². The Kier molecular flexibility index (Phi) is 4.66. The lowest BCUT2D eigenvalue weighted by Crippen LogP contribution is -2.30. The first-order valence-electron chi connectivity index (χ1n) is 7.69. The number of rotatable bonds is 4. The Hall–Kier alpha value is -2.55. The molecule has 1 unspecified atom stereocenters. The van der Waals surface area contributed by atoms with Crippen molar-refractivity contribution in [3.8, 4) is 11.8 Å². The van der Waals surface area contributed by atoms with Crippen molar-refractivity contribution in [3.05, 3.63) is 62.6 Å². The van der Waals surface area contributed by atoms with E-state index in [0.29, 0.717) is 23.1 Å². The smallest absolute Gasteiger partial charge is 0.341 e. The van der Waals surface area contributed by atoms with Gasteiger partial charge in [-0.15, -0.1) is 0 Å². The molecule has 26 heavy (non-hydrogen) atoms. The molecule has 2 aromatic rings. The highest BCUT2D eigenvalue weighted by atomic mass is 35.5. The van der Waals surface area contributed by atoms with E-state index in [1.807, 2.05) is 0 Å². The predicted molar refractivity (Wildman–Crippen MR) is 96.1 cm³/mol. The fraction of sp³-hybridized carbons (Fsp3) is 0.211. The first-order chi connectivity index (χ1) is 12.3. The van der Waals surface area contributed by atoms with Crippen LogP contribution in [-0.4, -0.2) is 23.5 Å². The number of ether oxygens (including phenoxy) is 1. The van der Waals surface area contributed by atoms with Crippen molar-refractivity contribution in [1.29, 1.82) is 5.26 Å². The summed E-state index contributed by atoms with van der Waals surface area (Å²) in [5.74, 6) is -1.27. The lowest BCUT2D eigenvalue weighted by Gasteiger charge is -2.23. The number of nitriles is 1. The monoisotopic (exact) mass is 389 g/mol. The minimum absolute atomic E-state index is 0.00200. The maximum absolute atomic E-state index is 13.2. The molecule has 132 valence electrons. The van der Waals surface area contributed by atoms with Crippen LogP contribution in [0, 0.1) is 11.3 Å². The van der Waals surface area contributed by atoms with Gasteiger partial charge in [-0.3, -0.25) is 4.79 Å². The molecule has 0 aromatic heterocycles. The average molecular weight is 390 g/mol. The molecule has 0 amide bonds. The molecule has 5 nitrogen and oxygen atoms in total. The third-order valence-electron chi connectivity index (χ3n) is 4.52. The number of carbonyl (C=O) groups is 2. The Morgan fingerprint density at radius 3 is 2.69 bits per heavy atom. The summed E-state index contributed by atoms with van der Waals surface area (Å²) in [5.41, 5.74) is 0.965. The predicted octanol–water partition coefficient (Wildman–Crippen LogP) is 4.03. The van der Waals surface area contributed by atoms with Crippen LogP contribution >= 0.6 is 23.2 Å². The number of carboxylic acid groups (broad SMARTS) is 1. The second-order valence-electron chi connectivity index (χ2n) is 6.21. The van der Waals surface area contributed by atoms with Gasteiger partial charge in [-0.1, -0.05) is 41.4 Å². The SMILES string of the molecule is CC1(c2ccccc2C#N)Cc2cc(OCC(=O)O)c(Cl)c(Cl)c2C1=O. The maximum Gasteiger partial charge on any atom is 0.341 e. The molecule has 0 aliphatic heterocycles. The number of halogens is 2. The molecule has 0 bridgehead atoms. The molecule has 7 heteroatoms. The van der Waals surface area contributed by atoms with E-state index in [0.717, 1.165) is 0 Å². The number of hydrogen-bond acceptors (Lipinski definition) is 4. The fourth-order valence-corrected chi connectivity index (χ4v) is 3.80. The van der Waals surface area contributed by atoms with Crippen LogP contribution in [0.25, 0.3) is 0 Å². The second-order valence-corrected chi connectivity index (χ2v) is 6.97. The van der Waals surface area contributed by atoms with E-state index < -0.39 is 18.0 Å². The van der Waals surface area contributed by atoms with E-state index in [1.54, 1.807) is 37.3 Å². The summed E-state index contributed by atoms with van der Waals surface area (Å²) in [6.45, 7) is 1.19. The van der Waals surface area contributed by atoms with Gasteiger partial charge in [0.2, 0.25) is 0 Å². The highest BCUT2D eigenvalue weighted by Gasteiger charge is 2.46. The van der Waals surface area contributed by atoms with Crippen molar-refractivity contribution in [2.24, 2.45) is 0 Å². The van der Waals surface area contributed by atoms with Crippen LogP contribution in [0.3, 0.4) is 0 Å². The van der Waals surface area contributed by atoms with Gasteiger partial charge in [-0.25, -0.2) is 4.79 Å². The minimum atomic E-state index is -1.15. The summed E-state index contributed by atoms with van der Waals surface area (Å²) >= 11 is 12.5. The molecule has 0 saturated heterocycles. The Balaban J connectivity index is 2.10. The number of fused-ring (bicyclic) bond motifs is 1. The third kappa shape index (κ3) is 2.82. The zero-order valence-electron chi connectivity index (χ0n) is 13.7. The molecule has 0 spiro atoms. The van der Waals surface area contributed by atoms with Crippen molar-refractivity contribution in [1.82, 2.24) is 0 Å². The Labute approximate surface area is 159 Å². The van der Waals surface area contributed by atoms with Crippen LogP contribution in [0.5, 0.6) is 5.75 Å². The first kappa shape index (κ1) is 18.2. The number of benzene rings is 2. The summed E-state index contributed by atoms with van der Waals surface area (Å²) in [6, 6.07) is 10.6. The van der Waals surface area contributed by atoms with Crippen molar-refractivity contribution in [2.45, 2.75) is 18.8 Å². The van der Waals surface area contributed by atoms with Gasteiger partial charge in [0.25, 0.3) is 0 Å². The van der Waals surface area contributed by atoms with Crippen LogP contribution in [0.4, 0.5) is 0 Å². The van der Waals surface area contributed by atoms with Crippen LogP contribution in [-0.2, 0) is 16.6 Å². The van der Waals surface area contributed by atoms with E-state index in [1.165, 1.54) is 0 Å². The number of carboxylic acids is 1. The van der Waals surface area contributed by atoms with E-state index in [4.69, 9.17) is 33.0 Å². The number of carbonyl (C=O) groups excluding carboxylic acids is 1. The molecule has 3 rings (SSSR count). The molecule has 2 aromatic carbocycles. The lowest BCUT2D eigenvalue weighted by atomic mass is 9.77. The van der Waals surface area contributed by atoms with E-state index in [-0.39, 0.29) is 27.1 Å².